The van der Waals surface area contributed by atoms with E-state index in [9.17, 15) is 0 Å². The van der Waals surface area contributed by atoms with Crippen LogP contribution in [0.15, 0.2) is 6.07 Å². The van der Waals surface area contributed by atoms with Crippen molar-refractivity contribution in [3.8, 4) is 0 Å². The molecule has 0 aliphatic heterocycles. The fraction of sp³-hybridized carbons (Fsp3) is 0.714. The van der Waals surface area contributed by atoms with E-state index in [1.165, 1.54) is 32.1 Å². The topological polar surface area (TPSA) is 41.1 Å². The van der Waals surface area contributed by atoms with Crippen LogP contribution in [0.25, 0.3) is 0 Å². The quantitative estimate of drug-likeness (QED) is 0.889. The average Bonchev–Trinajstić information content (AvgIpc) is 2.39. The van der Waals surface area contributed by atoms with Crippen LogP contribution < -0.4 is 10.2 Å². The number of nitrogens with zero attached hydrogens (tertiary/aromatic N) is 3. The molecule has 2 rings (SSSR count). The van der Waals surface area contributed by atoms with Gasteiger partial charge in [-0.15, -0.1) is 0 Å². The molecule has 1 aliphatic carbocycles. The van der Waals surface area contributed by atoms with E-state index >= 15 is 0 Å². The molecule has 0 amide bonds. The van der Waals surface area contributed by atoms with Gasteiger partial charge in [0.25, 0.3) is 0 Å². The van der Waals surface area contributed by atoms with Crippen molar-refractivity contribution < 1.29 is 0 Å². The monoisotopic (exact) mass is 248 g/mol. The molecule has 1 saturated carbocycles. The summed E-state index contributed by atoms with van der Waals surface area (Å²) in [6, 6.07) is 2.06. The average molecular weight is 248 g/mol. The van der Waals surface area contributed by atoms with Crippen LogP contribution in [0.2, 0.25) is 0 Å². The van der Waals surface area contributed by atoms with Crippen molar-refractivity contribution in [3.05, 3.63) is 11.8 Å². The highest BCUT2D eigenvalue weighted by Gasteiger charge is 2.16. The molecule has 4 heteroatoms. The summed E-state index contributed by atoms with van der Waals surface area (Å²) in [5.74, 6) is 2.56. The minimum Gasteiger partial charge on any atom is -0.359 e. The van der Waals surface area contributed by atoms with E-state index in [4.69, 9.17) is 0 Å². The molecule has 0 aromatic carbocycles. The third-order valence-electron chi connectivity index (χ3n) is 3.71. The lowest BCUT2D eigenvalue weighted by atomic mass is 9.89. The van der Waals surface area contributed by atoms with E-state index in [1.807, 2.05) is 14.0 Å². The summed E-state index contributed by atoms with van der Waals surface area (Å²) in [5.41, 5.74) is 1.01. The maximum absolute atomic E-state index is 4.52. The molecule has 0 spiro atoms. The van der Waals surface area contributed by atoms with Crippen molar-refractivity contribution in [3.63, 3.8) is 0 Å². The zero-order valence-corrected chi connectivity index (χ0v) is 11.7. The van der Waals surface area contributed by atoms with Gasteiger partial charge in [-0.3, -0.25) is 0 Å². The fourth-order valence-electron chi connectivity index (χ4n) is 2.71. The van der Waals surface area contributed by atoms with Crippen LogP contribution in [0.1, 0.15) is 37.8 Å². The zero-order valence-electron chi connectivity index (χ0n) is 11.7. The van der Waals surface area contributed by atoms with Crippen LogP contribution >= 0.6 is 0 Å². The van der Waals surface area contributed by atoms with Crippen molar-refractivity contribution >= 4 is 11.8 Å². The van der Waals surface area contributed by atoms with E-state index in [0.29, 0.717) is 5.95 Å². The highest BCUT2D eigenvalue weighted by molar-refractivity contribution is 5.43. The summed E-state index contributed by atoms with van der Waals surface area (Å²) in [4.78, 5) is 11.1. The van der Waals surface area contributed by atoms with E-state index < -0.39 is 0 Å². The molecule has 1 aromatic rings. The summed E-state index contributed by atoms with van der Waals surface area (Å²) < 4.78 is 0. The van der Waals surface area contributed by atoms with Crippen molar-refractivity contribution in [2.24, 2.45) is 5.92 Å². The minimum absolute atomic E-state index is 0.709. The smallest absolute Gasteiger partial charge is 0.224 e. The Balaban J connectivity index is 2.02. The molecule has 4 nitrogen and oxygen atoms in total. The second-order valence-electron chi connectivity index (χ2n) is 5.33. The second-order valence-corrected chi connectivity index (χ2v) is 5.33. The maximum Gasteiger partial charge on any atom is 0.224 e. The number of rotatable bonds is 4. The SMILES string of the molecule is CNc1nc(C)cc(N(C)CC2CCCCC2)n1. The van der Waals surface area contributed by atoms with Gasteiger partial charge in [0.1, 0.15) is 5.82 Å². The molecule has 1 fully saturated rings. The Hall–Kier alpha value is -1.32. The first-order valence-electron chi connectivity index (χ1n) is 6.93. The van der Waals surface area contributed by atoms with Crippen LogP contribution in [0.4, 0.5) is 11.8 Å². The Morgan fingerprint density at radius 2 is 2.00 bits per heavy atom. The predicted molar refractivity (Wildman–Crippen MR) is 76.2 cm³/mol. The molecule has 1 aromatic heterocycles. The standard InChI is InChI=1S/C14H24N4/c1-11-9-13(17-14(15-2)16-11)18(3)10-12-7-5-4-6-8-12/h9,12H,4-8,10H2,1-3H3,(H,15,16,17). The molecule has 1 aliphatic rings. The van der Waals surface area contributed by atoms with Gasteiger partial charge < -0.3 is 10.2 Å². The first-order valence-corrected chi connectivity index (χ1v) is 6.93. The molecule has 0 bridgehead atoms. The lowest BCUT2D eigenvalue weighted by Crippen LogP contribution is -2.27. The first-order chi connectivity index (χ1) is 8.69. The maximum atomic E-state index is 4.52. The lowest BCUT2D eigenvalue weighted by Gasteiger charge is -2.27. The van der Waals surface area contributed by atoms with Crippen LogP contribution in [-0.2, 0) is 0 Å². The molecule has 0 atom stereocenters. The van der Waals surface area contributed by atoms with E-state index in [0.717, 1.165) is 24.0 Å². The number of aryl methyl sites for hydroxylation is 1. The molecule has 1 N–H and O–H groups in total. The van der Waals surface area contributed by atoms with Crippen molar-refractivity contribution in [2.45, 2.75) is 39.0 Å². The number of nitrogens with one attached hydrogen (secondary N) is 1. The van der Waals surface area contributed by atoms with Crippen LogP contribution in [0.5, 0.6) is 0 Å². The van der Waals surface area contributed by atoms with E-state index in [1.54, 1.807) is 0 Å². The normalized spacial score (nSPS) is 16.6. The Kier molecular flexibility index (Phi) is 4.39. The van der Waals surface area contributed by atoms with Gasteiger partial charge in [-0.25, -0.2) is 4.98 Å². The van der Waals surface area contributed by atoms with Gasteiger partial charge in [0.15, 0.2) is 0 Å². The summed E-state index contributed by atoms with van der Waals surface area (Å²) >= 11 is 0. The number of hydrogen-bond acceptors (Lipinski definition) is 4. The number of anilines is 2. The molecular formula is C14H24N4. The van der Waals surface area contributed by atoms with Gasteiger partial charge >= 0.3 is 0 Å². The molecule has 1 heterocycles. The third kappa shape index (κ3) is 3.34. The van der Waals surface area contributed by atoms with Crippen molar-refractivity contribution in [1.82, 2.24) is 9.97 Å². The van der Waals surface area contributed by atoms with Gasteiger partial charge in [-0.05, 0) is 25.7 Å². The lowest BCUT2D eigenvalue weighted by molar-refractivity contribution is 0.361. The fourth-order valence-corrected chi connectivity index (χ4v) is 2.71. The Morgan fingerprint density at radius 3 is 2.67 bits per heavy atom. The van der Waals surface area contributed by atoms with Gasteiger partial charge in [0, 0.05) is 32.4 Å². The van der Waals surface area contributed by atoms with E-state index in [-0.39, 0.29) is 0 Å². The third-order valence-corrected chi connectivity index (χ3v) is 3.71. The summed E-state index contributed by atoms with van der Waals surface area (Å²) in [7, 11) is 4.00. The summed E-state index contributed by atoms with van der Waals surface area (Å²) in [6.45, 7) is 3.13. The van der Waals surface area contributed by atoms with Gasteiger partial charge in [-0.2, -0.15) is 4.98 Å². The largest absolute Gasteiger partial charge is 0.359 e. The van der Waals surface area contributed by atoms with Gasteiger partial charge in [-0.1, -0.05) is 19.3 Å². The Morgan fingerprint density at radius 1 is 1.28 bits per heavy atom. The van der Waals surface area contributed by atoms with Crippen molar-refractivity contribution in [1.29, 1.82) is 0 Å². The molecule has 0 radical (unpaired) electrons. The van der Waals surface area contributed by atoms with Crippen LogP contribution in [0.3, 0.4) is 0 Å². The number of aromatic nitrogens is 2. The van der Waals surface area contributed by atoms with E-state index in [2.05, 4.69) is 33.3 Å². The molecule has 0 saturated heterocycles. The molecule has 100 valence electrons. The highest BCUT2D eigenvalue weighted by atomic mass is 15.2. The highest BCUT2D eigenvalue weighted by Crippen LogP contribution is 2.25. The van der Waals surface area contributed by atoms with Gasteiger partial charge in [0.05, 0.1) is 0 Å². The minimum atomic E-state index is 0.709. The molecule has 18 heavy (non-hydrogen) atoms. The zero-order chi connectivity index (χ0) is 13.0. The first kappa shape index (κ1) is 13.1. The molecule has 0 unspecified atom stereocenters. The van der Waals surface area contributed by atoms with Crippen molar-refractivity contribution in [2.75, 3.05) is 30.9 Å². The Labute approximate surface area is 110 Å². The number of hydrogen-bond donors (Lipinski definition) is 1. The summed E-state index contributed by atoms with van der Waals surface area (Å²) in [5, 5.41) is 3.02. The molecular weight excluding hydrogens is 224 g/mol. The van der Waals surface area contributed by atoms with Crippen LogP contribution in [-0.4, -0.2) is 30.6 Å². The van der Waals surface area contributed by atoms with Crippen LogP contribution in [0, 0.1) is 12.8 Å². The van der Waals surface area contributed by atoms with Gasteiger partial charge in [0.2, 0.25) is 5.95 Å². The Bertz CT molecular complexity index is 385. The predicted octanol–water partition coefficient (Wildman–Crippen LogP) is 2.84. The summed E-state index contributed by atoms with van der Waals surface area (Å²) in [6.07, 6.45) is 6.93. The second kappa shape index (κ2) is 6.03.